The van der Waals surface area contributed by atoms with Crippen molar-refractivity contribution in [2.75, 3.05) is 19.7 Å². The standard InChI is InChI=1S/C21H33N5O/c1-6-19-18(20(7-2)26(5)25-19)15-24-21(22-8-3)23-13-14-27-17-11-9-16(4)10-12-17/h9-12H,6-8,13-15H2,1-5H3,(H2,22,23,24). The summed E-state index contributed by atoms with van der Waals surface area (Å²) in [6, 6.07) is 8.10. The molecular formula is C21H33N5O. The number of hydrogen-bond donors (Lipinski definition) is 2. The topological polar surface area (TPSA) is 63.5 Å². The predicted molar refractivity (Wildman–Crippen MR) is 111 cm³/mol. The van der Waals surface area contributed by atoms with E-state index in [4.69, 9.17) is 9.73 Å². The summed E-state index contributed by atoms with van der Waals surface area (Å²) < 4.78 is 7.76. The summed E-state index contributed by atoms with van der Waals surface area (Å²) in [6.07, 6.45) is 1.88. The third kappa shape index (κ3) is 6.01. The van der Waals surface area contributed by atoms with Crippen LogP contribution in [-0.4, -0.2) is 35.4 Å². The highest BCUT2D eigenvalue weighted by atomic mass is 16.5. The van der Waals surface area contributed by atoms with Crippen LogP contribution in [0.15, 0.2) is 29.3 Å². The molecule has 0 amide bonds. The van der Waals surface area contributed by atoms with Gasteiger partial charge in [-0.1, -0.05) is 31.5 Å². The summed E-state index contributed by atoms with van der Waals surface area (Å²) in [5, 5.41) is 11.3. The van der Waals surface area contributed by atoms with Gasteiger partial charge < -0.3 is 15.4 Å². The minimum atomic E-state index is 0.584. The van der Waals surface area contributed by atoms with E-state index in [1.54, 1.807) is 0 Å². The van der Waals surface area contributed by atoms with Gasteiger partial charge in [-0.25, -0.2) is 4.99 Å². The Labute approximate surface area is 163 Å². The van der Waals surface area contributed by atoms with Gasteiger partial charge in [0.2, 0.25) is 0 Å². The number of guanidine groups is 1. The van der Waals surface area contributed by atoms with Crippen molar-refractivity contribution in [1.82, 2.24) is 20.4 Å². The number of ether oxygens (including phenoxy) is 1. The number of benzene rings is 1. The molecule has 6 nitrogen and oxygen atoms in total. The Morgan fingerprint density at radius 1 is 1.11 bits per heavy atom. The zero-order chi connectivity index (χ0) is 19.6. The molecule has 0 atom stereocenters. The van der Waals surface area contributed by atoms with Gasteiger partial charge >= 0.3 is 0 Å². The van der Waals surface area contributed by atoms with Crippen molar-refractivity contribution in [1.29, 1.82) is 0 Å². The van der Waals surface area contributed by atoms with E-state index in [2.05, 4.69) is 55.6 Å². The highest BCUT2D eigenvalue weighted by Gasteiger charge is 2.13. The second-order valence-corrected chi connectivity index (χ2v) is 6.49. The maximum atomic E-state index is 5.77. The lowest BCUT2D eigenvalue weighted by molar-refractivity contribution is 0.322. The van der Waals surface area contributed by atoms with E-state index in [-0.39, 0.29) is 0 Å². The Morgan fingerprint density at radius 2 is 1.85 bits per heavy atom. The molecule has 0 radical (unpaired) electrons. The molecule has 2 N–H and O–H groups in total. The van der Waals surface area contributed by atoms with Crippen LogP contribution in [0.25, 0.3) is 0 Å². The van der Waals surface area contributed by atoms with Crippen LogP contribution in [0.2, 0.25) is 0 Å². The molecule has 27 heavy (non-hydrogen) atoms. The quantitative estimate of drug-likeness (QED) is 0.404. The van der Waals surface area contributed by atoms with Gasteiger partial charge in [-0.15, -0.1) is 0 Å². The predicted octanol–water partition coefficient (Wildman–Crippen LogP) is 2.99. The number of rotatable bonds is 9. The van der Waals surface area contributed by atoms with E-state index >= 15 is 0 Å². The molecule has 1 aromatic heterocycles. The Morgan fingerprint density at radius 3 is 2.48 bits per heavy atom. The van der Waals surface area contributed by atoms with Gasteiger partial charge in [0.05, 0.1) is 18.8 Å². The van der Waals surface area contributed by atoms with E-state index in [9.17, 15) is 0 Å². The third-order valence-corrected chi connectivity index (χ3v) is 4.45. The molecule has 2 aromatic rings. The Bertz CT molecular complexity index is 734. The maximum absolute atomic E-state index is 5.77. The molecule has 0 aliphatic carbocycles. The fraction of sp³-hybridized carbons (Fsp3) is 0.524. The minimum Gasteiger partial charge on any atom is -0.492 e. The molecule has 0 aliphatic heterocycles. The lowest BCUT2D eigenvalue weighted by Crippen LogP contribution is -2.39. The molecule has 1 heterocycles. The van der Waals surface area contributed by atoms with E-state index in [0.717, 1.165) is 36.8 Å². The van der Waals surface area contributed by atoms with Crippen LogP contribution >= 0.6 is 0 Å². The number of hydrogen-bond acceptors (Lipinski definition) is 3. The zero-order valence-corrected chi connectivity index (χ0v) is 17.3. The van der Waals surface area contributed by atoms with Crippen molar-refractivity contribution in [3.8, 4) is 5.75 Å². The molecule has 0 aliphatic rings. The number of aromatic nitrogens is 2. The van der Waals surface area contributed by atoms with Gasteiger partial charge in [-0.2, -0.15) is 5.10 Å². The first-order valence-electron chi connectivity index (χ1n) is 9.84. The Kier molecular flexibility index (Phi) is 8.17. The number of nitrogens with zero attached hydrogens (tertiary/aromatic N) is 3. The van der Waals surface area contributed by atoms with Gasteiger partial charge in [-0.3, -0.25) is 4.68 Å². The molecule has 0 spiro atoms. The lowest BCUT2D eigenvalue weighted by Gasteiger charge is -2.12. The molecule has 148 valence electrons. The van der Waals surface area contributed by atoms with Crippen molar-refractivity contribution >= 4 is 5.96 Å². The Hall–Kier alpha value is -2.50. The molecule has 6 heteroatoms. The summed E-state index contributed by atoms with van der Waals surface area (Å²) in [7, 11) is 2.01. The summed E-state index contributed by atoms with van der Waals surface area (Å²) in [5.41, 5.74) is 4.87. The first-order valence-corrected chi connectivity index (χ1v) is 9.84. The molecule has 0 saturated carbocycles. The van der Waals surface area contributed by atoms with Gasteiger partial charge in [0.25, 0.3) is 0 Å². The summed E-state index contributed by atoms with van der Waals surface area (Å²) in [4.78, 5) is 4.76. The van der Waals surface area contributed by atoms with E-state index in [0.29, 0.717) is 19.7 Å². The molecule has 0 unspecified atom stereocenters. The summed E-state index contributed by atoms with van der Waals surface area (Å²) in [6.45, 7) is 11.2. The van der Waals surface area contributed by atoms with Crippen molar-refractivity contribution in [3.63, 3.8) is 0 Å². The van der Waals surface area contributed by atoms with Gasteiger partial charge in [0.15, 0.2) is 5.96 Å². The van der Waals surface area contributed by atoms with Crippen LogP contribution in [0.4, 0.5) is 0 Å². The fourth-order valence-electron chi connectivity index (χ4n) is 3.05. The molecule has 1 aromatic carbocycles. The lowest BCUT2D eigenvalue weighted by atomic mass is 10.1. The van der Waals surface area contributed by atoms with Crippen LogP contribution in [0.5, 0.6) is 5.75 Å². The Balaban J connectivity index is 1.93. The van der Waals surface area contributed by atoms with Crippen LogP contribution < -0.4 is 15.4 Å². The minimum absolute atomic E-state index is 0.584. The van der Waals surface area contributed by atoms with E-state index in [1.165, 1.54) is 16.8 Å². The normalized spacial score (nSPS) is 11.5. The van der Waals surface area contributed by atoms with Gasteiger partial charge in [0.1, 0.15) is 12.4 Å². The van der Waals surface area contributed by atoms with E-state index in [1.807, 2.05) is 23.9 Å². The summed E-state index contributed by atoms with van der Waals surface area (Å²) >= 11 is 0. The second-order valence-electron chi connectivity index (χ2n) is 6.49. The molecule has 2 rings (SSSR count). The van der Waals surface area contributed by atoms with Crippen molar-refractivity contribution in [2.45, 2.75) is 47.1 Å². The molecular weight excluding hydrogens is 338 g/mol. The highest BCUT2D eigenvalue weighted by Crippen LogP contribution is 2.16. The van der Waals surface area contributed by atoms with Crippen LogP contribution in [0, 0.1) is 6.92 Å². The highest BCUT2D eigenvalue weighted by molar-refractivity contribution is 5.79. The molecule has 0 saturated heterocycles. The van der Waals surface area contributed by atoms with Crippen molar-refractivity contribution in [3.05, 3.63) is 46.8 Å². The van der Waals surface area contributed by atoms with Crippen LogP contribution in [0.3, 0.4) is 0 Å². The number of aliphatic imine (C=N–C) groups is 1. The largest absolute Gasteiger partial charge is 0.492 e. The molecule has 0 bridgehead atoms. The number of aryl methyl sites for hydroxylation is 3. The average molecular weight is 372 g/mol. The SMILES string of the molecule is CCNC(=NCc1c(CC)nn(C)c1CC)NCCOc1ccc(C)cc1. The smallest absolute Gasteiger partial charge is 0.191 e. The van der Waals surface area contributed by atoms with Crippen molar-refractivity contribution < 1.29 is 4.74 Å². The van der Waals surface area contributed by atoms with Crippen LogP contribution in [0.1, 0.15) is 43.3 Å². The van der Waals surface area contributed by atoms with Crippen molar-refractivity contribution in [2.24, 2.45) is 12.0 Å². The van der Waals surface area contributed by atoms with Crippen LogP contribution in [-0.2, 0) is 26.4 Å². The maximum Gasteiger partial charge on any atom is 0.191 e. The first kappa shape index (κ1) is 20.8. The van der Waals surface area contributed by atoms with Gasteiger partial charge in [-0.05, 0) is 38.8 Å². The van der Waals surface area contributed by atoms with E-state index < -0.39 is 0 Å². The average Bonchev–Trinajstić information content (AvgIpc) is 2.99. The first-order chi connectivity index (χ1) is 13.1. The summed E-state index contributed by atoms with van der Waals surface area (Å²) in [5.74, 6) is 1.69. The third-order valence-electron chi connectivity index (χ3n) is 4.45. The van der Waals surface area contributed by atoms with Gasteiger partial charge in [0, 0.05) is 24.8 Å². The second kappa shape index (κ2) is 10.6. The molecule has 0 fully saturated rings. The fourth-order valence-corrected chi connectivity index (χ4v) is 3.05. The zero-order valence-electron chi connectivity index (χ0n) is 17.3. The monoisotopic (exact) mass is 371 g/mol. The number of nitrogens with one attached hydrogen (secondary N) is 2.